The number of aryl methyl sites for hydroxylation is 2. The van der Waals surface area contributed by atoms with Gasteiger partial charge in [0.1, 0.15) is 5.82 Å². The summed E-state index contributed by atoms with van der Waals surface area (Å²) in [6, 6.07) is 72.9. The molecule has 0 unspecified atom stereocenters. The molecule has 0 spiro atoms. The fraction of sp³-hybridized carbons (Fsp3) is 0.117. The maximum Gasteiger partial charge on any atom is 0.138 e. The van der Waals surface area contributed by atoms with Gasteiger partial charge in [-0.25, -0.2) is 4.98 Å². The molecule has 5 heteroatoms. The van der Waals surface area contributed by atoms with E-state index < -0.39 is 0 Å². The SMILES string of the molecule is Cc1cccc(C)c1-c1ccnc(-n2c3ccccc3c3ccc(N(c4cccc(N5CN(C(C)(C)C)c6ccccc65)c4)c4c(-c5ccccc5)cccc4-c4ccccc4)cc32)c1. The van der Waals surface area contributed by atoms with Gasteiger partial charge in [-0.3, -0.25) is 4.57 Å². The highest BCUT2D eigenvalue weighted by atomic mass is 15.4. The Bertz CT molecular complexity index is 3300. The highest BCUT2D eigenvalue weighted by Crippen LogP contribution is 2.50. The third kappa shape index (κ3) is 7.01. The minimum Gasteiger partial charge on any atom is -0.347 e. The number of hydrogen-bond acceptors (Lipinski definition) is 4. The van der Waals surface area contributed by atoms with Crippen molar-refractivity contribution >= 4 is 55.9 Å². The molecule has 316 valence electrons. The summed E-state index contributed by atoms with van der Waals surface area (Å²) >= 11 is 0. The van der Waals surface area contributed by atoms with E-state index in [0.29, 0.717) is 0 Å². The molecule has 10 aromatic rings. The third-order valence-electron chi connectivity index (χ3n) is 13.0. The van der Waals surface area contributed by atoms with Gasteiger partial charge >= 0.3 is 0 Å². The van der Waals surface area contributed by atoms with Crippen LogP contribution in [0.2, 0.25) is 0 Å². The Morgan fingerprint density at radius 3 is 1.80 bits per heavy atom. The molecule has 0 saturated heterocycles. The lowest BCUT2D eigenvalue weighted by Crippen LogP contribution is -2.42. The summed E-state index contributed by atoms with van der Waals surface area (Å²) in [5.41, 5.74) is 18.4. The van der Waals surface area contributed by atoms with E-state index in [1.54, 1.807) is 0 Å². The molecule has 0 amide bonds. The molecule has 1 aliphatic rings. The molecular formula is C60H51N5. The smallest absolute Gasteiger partial charge is 0.138 e. The van der Waals surface area contributed by atoms with Gasteiger partial charge in [-0.15, -0.1) is 0 Å². The fourth-order valence-electron chi connectivity index (χ4n) is 10.0. The van der Waals surface area contributed by atoms with Crippen LogP contribution < -0.4 is 14.7 Å². The second kappa shape index (κ2) is 16.0. The number of aromatic nitrogens is 2. The van der Waals surface area contributed by atoms with Crippen molar-refractivity contribution in [2.24, 2.45) is 0 Å². The van der Waals surface area contributed by atoms with Gasteiger partial charge in [0.05, 0.1) is 34.8 Å². The van der Waals surface area contributed by atoms with Crippen LogP contribution in [0.5, 0.6) is 0 Å². The molecule has 0 fully saturated rings. The van der Waals surface area contributed by atoms with Crippen LogP contribution in [0.3, 0.4) is 0 Å². The van der Waals surface area contributed by atoms with E-state index >= 15 is 0 Å². The van der Waals surface area contributed by atoms with Crippen molar-refractivity contribution in [1.29, 1.82) is 0 Å². The van der Waals surface area contributed by atoms with Crippen molar-refractivity contribution in [2.45, 2.75) is 40.2 Å². The summed E-state index contributed by atoms with van der Waals surface area (Å²) < 4.78 is 2.35. The normalized spacial score (nSPS) is 12.6. The number of fused-ring (bicyclic) bond motifs is 4. The van der Waals surface area contributed by atoms with Crippen LogP contribution in [0.1, 0.15) is 31.9 Å². The van der Waals surface area contributed by atoms with Gasteiger partial charge in [-0.2, -0.15) is 0 Å². The fourth-order valence-corrected chi connectivity index (χ4v) is 10.0. The van der Waals surface area contributed by atoms with Gasteiger partial charge in [0.15, 0.2) is 0 Å². The van der Waals surface area contributed by atoms with Crippen LogP contribution in [0.15, 0.2) is 206 Å². The van der Waals surface area contributed by atoms with E-state index in [2.05, 4.69) is 254 Å². The number of para-hydroxylation sites is 4. The second-order valence-electron chi connectivity index (χ2n) is 18.2. The molecule has 0 saturated carbocycles. The summed E-state index contributed by atoms with van der Waals surface area (Å²) in [6.07, 6.45) is 1.96. The lowest BCUT2D eigenvalue weighted by atomic mass is 9.94. The van der Waals surface area contributed by atoms with Crippen molar-refractivity contribution in [3.8, 4) is 39.2 Å². The zero-order valence-electron chi connectivity index (χ0n) is 37.6. The van der Waals surface area contributed by atoms with Crippen LogP contribution in [0, 0.1) is 13.8 Å². The second-order valence-corrected chi connectivity index (χ2v) is 18.2. The molecule has 0 N–H and O–H groups in total. The third-order valence-corrected chi connectivity index (χ3v) is 13.0. The highest BCUT2D eigenvalue weighted by molar-refractivity contribution is 6.11. The molecule has 8 aromatic carbocycles. The Kier molecular flexibility index (Phi) is 9.84. The topological polar surface area (TPSA) is 27.5 Å². The highest BCUT2D eigenvalue weighted by Gasteiger charge is 2.34. The molecule has 2 aromatic heterocycles. The number of nitrogens with zero attached hydrogens (tertiary/aromatic N) is 5. The Morgan fingerprint density at radius 1 is 0.492 bits per heavy atom. The molecular weight excluding hydrogens is 791 g/mol. The maximum atomic E-state index is 5.10. The first kappa shape index (κ1) is 39.9. The number of anilines is 6. The first-order valence-corrected chi connectivity index (χ1v) is 22.6. The van der Waals surface area contributed by atoms with Crippen LogP contribution in [-0.4, -0.2) is 21.8 Å². The van der Waals surface area contributed by atoms with Crippen LogP contribution in [0.25, 0.3) is 61.0 Å². The van der Waals surface area contributed by atoms with Gasteiger partial charge in [-0.1, -0.05) is 140 Å². The summed E-state index contributed by atoms with van der Waals surface area (Å²) in [7, 11) is 0. The van der Waals surface area contributed by atoms with Crippen molar-refractivity contribution in [2.75, 3.05) is 21.4 Å². The van der Waals surface area contributed by atoms with Gasteiger partial charge in [0.25, 0.3) is 0 Å². The predicted molar refractivity (Wildman–Crippen MR) is 275 cm³/mol. The van der Waals surface area contributed by atoms with Crippen molar-refractivity contribution < 1.29 is 0 Å². The van der Waals surface area contributed by atoms with E-state index in [1.807, 2.05) is 6.20 Å². The molecule has 0 atom stereocenters. The first-order valence-electron chi connectivity index (χ1n) is 22.6. The minimum atomic E-state index is -0.0608. The molecule has 0 aliphatic carbocycles. The Balaban J connectivity index is 1.18. The van der Waals surface area contributed by atoms with Crippen LogP contribution >= 0.6 is 0 Å². The van der Waals surface area contributed by atoms with Crippen molar-refractivity contribution in [3.05, 3.63) is 218 Å². The number of pyridine rings is 1. The van der Waals surface area contributed by atoms with E-state index in [0.717, 1.165) is 74.1 Å². The van der Waals surface area contributed by atoms with Crippen molar-refractivity contribution in [3.63, 3.8) is 0 Å². The molecule has 0 radical (unpaired) electrons. The van der Waals surface area contributed by atoms with Crippen molar-refractivity contribution in [1.82, 2.24) is 9.55 Å². The first-order chi connectivity index (χ1) is 31.7. The van der Waals surface area contributed by atoms with E-state index in [-0.39, 0.29) is 5.54 Å². The quantitative estimate of drug-likeness (QED) is 0.152. The van der Waals surface area contributed by atoms with Gasteiger partial charge in [-0.05, 0) is 129 Å². The van der Waals surface area contributed by atoms with Gasteiger partial charge in [0, 0.05) is 50.7 Å². The molecule has 3 heterocycles. The molecule has 11 rings (SSSR count). The molecule has 0 bridgehead atoms. The summed E-state index contributed by atoms with van der Waals surface area (Å²) in [5.74, 6) is 0.882. The zero-order chi connectivity index (χ0) is 44.2. The Hall–Kier alpha value is -7.89. The number of hydrogen-bond donors (Lipinski definition) is 0. The molecule has 5 nitrogen and oxygen atoms in total. The summed E-state index contributed by atoms with van der Waals surface area (Å²) in [6.45, 7) is 12.0. The summed E-state index contributed by atoms with van der Waals surface area (Å²) in [4.78, 5) is 12.5. The Morgan fingerprint density at radius 2 is 1.09 bits per heavy atom. The lowest BCUT2D eigenvalue weighted by Gasteiger charge is -2.34. The van der Waals surface area contributed by atoms with E-state index in [4.69, 9.17) is 4.98 Å². The van der Waals surface area contributed by atoms with Gasteiger partial charge in [0.2, 0.25) is 0 Å². The number of benzene rings is 8. The van der Waals surface area contributed by atoms with E-state index in [9.17, 15) is 0 Å². The summed E-state index contributed by atoms with van der Waals surface area (Å²) in [5, 5.41) is 2.36. The van der Waals surface area contributed by atoms with Gasteiger partial charge < -0.3 is 14.7 Å². The average molecular weight is 842 g/mol. The number of rotatable bonds is 8. The zero-order valence-corrected chi connectivity index (χ0v) is 37.6. The maximum absolute atomic E-state index is 5.10. The average Bonchev–Trinajstić information content (AvgIpc) is 3.89. The van der Waals surface area contributed by atoms with Crippen LogP contribution in [0.4, 0.5) is 34.1 Å². The monoisotopic (exact) mass is 841 g/mol. The lowest BCUT2D eigenvalue weighted by molar-refractivity contribution is 0.518. The molecule has 65 heavy (non-hydrogen) atoms. The molecule has 1 aliphatic heterocycles. The van der Waals surface area contributed by atoms with Crippen LogP contribution in [-0.2, 0) is 0 Å². The van der Waals surface area contributed by atoms with E-state index in [1.165, 1.54) is 38.8 Å². The Labute approximate surface area is 382 Å². The predicted octanol–water partition coefficient (Wildman–Crippen LogP) is 16.0. The minimum absolute atomic E-state index is 0.0608. The standard InChI is InChI=1S/C60H51N5/c1-41-19-16-20-42(2)58(41)45-35-36-61-57(37-45)65-53-30-13-12-27-51(53)52-34-33-48(39-56(52)65)64(59-49(43-21-8-6-9-22-43)28-18-29-50(59)44-23-10-7-11-24-44)47-26-17-25-46(38-47)62-40-63(60(3,4)5)55-32-15-14-31-54(55)62/h6-39H,40H2,1-5H3. The largest absolute Gasteiger partial charge is 0.347 e.